The minimum atomic E-state index is 0.415. The third-order valence-corrected chi connectivity index (χ3v) is 3.90. The molecule has 0 amide bonds. The molecule has 0 aliphatic carbocycles. The van der Waals surface area contributed by atoms with E-state index in [4.69, 9.17) is 27.0 Å². The highest BCUT2D eigenvalue weighted by atomic mass is 35.5. The van der Waals surface area contributed by atoms with Gasteiger partial charge in [-0.1, -0.05) is 17.7 Å². The van der Waals surface area contributed by atoms with Crippen molar-refractivity contribution >= 4 is 40.1 Å². The number of hydrogen-bond donors (Lipinski definition) is 1. The number of aromatic nitrogens is 1. The molecule has 0 atom stereocenters. The van der Waals surface area contributed by atoms with Crippen LogP contribution in [-0.4, -0.2) is 4.98 Å². The van der Waals surface area contributed by atoms with E-state index in [-0.39, 0.29) is 0 Å². The highest BCUT2D eigenvalue weighted by Gasteiger charge is 2.12. The van der Waals surface area contributed by atoms with Crippen LogP contribution in [0.25, 0.3) is 11.1 Å². The summed E-state index contributed by atoms with van der Waals surface area (Å²) in [7, 11) is 0. The summed E-state index contributed by atoms with van der Waals surface area (Å²) in [6.07, 6.45) is 0. The van der Waals surface area contributed by atoms with Gasteiger partial charge in [0.05, 0.1) is 10.6 Å². The lowest BCUT2D eigenvalue weighted by molar-refractivity contribution is 0.489. The second-order valence-electron chi connectivity index (χ2n) is 4.03. The molecular weight excluding hydrogens is 294 g/mol. The van der Waals surface area contributed by atoms with E-state index in [9.17, 15) is 0 Å². The van der Waals surface area contributed by atoms with Crippen LogP contribution in [-0.2, 0) is 0 Å². The van der Waals surface area contributed by atoms with Crippen LogP contribution >= 0.6 is 23.4 Å². The van der Waals surface area contributed by atoms with Crippen molar-refractivity contribution in [3.63, 3.8) is 0 Å². The highest BCUT2D eigenvalue weighted by molar-refractivity contribution is 7.99. The number of halogens is 1. The first kappa shape index (κ1) is 12.9. The van der Waals surface area contributed by atoms with E-state index in [0.29, 0.717) is 37.5 Å². The Hall–Kier alpha value is -2.16. The number of oxazole rings is 1. The van der Waals surface area contributed by atoms with Gasteiger partial charge in [-0.3, -0.25) is 0 Å². The average Bonchev–Trinajstić information content (AvgIpc) is 2.80. The van der Waals surface area contributed by atoms with E-state index < -0.39 is 0 Å². The second-order valence-corrected chi connectivity index (χ2v) is 5.43. The smallest absolute Gasteiger partial charge is 0.261 e. The Morgan fingerprint density at radius 2 is 2.15 bits per heavy atom. The first-order valence-corrected chi connectivity index (χ1v) is 6.89. The lowest BCUT2D eigenvalue weighted by Crippen LogP contribution is -1.83. The van der Waals surface area contributed by atoms with Crippen molar-refractivity contribution in [2.75, 3.05) is 5.73 Å². The SMILES string of the molecule is N#Cc1c(Cl)cccc1Sc1nc2cc(N)ccc2o1. The van der Waals surface area contributed by atoms with Crippen molar-refractivity contribution in [2.45, 2.75) is 10.1 Å². The van der Waals surface area contributed by atoms with Gasteiger partial charge in [0.15, 0.2) is 5.58 Å². The van der Waals surface area contributed by atoms with Crippen LogP contribution in [0.4, 0.5) is 5.69 Å². The Bertz CT molecular complexity index is 838. The van der Waals surface area contributed by atoms with Gasteiger partial charge in [0.1, 0.15) is 11.6 Å². The van der Waals surface area contributed by atoms with Crippen molar-refractivity contribution in [1.82, 2.24) is 4.98 Å². The molecule has 0 spiro atoms. The lowest BCUT2D eigenvalue weighted by atomic mass is 10.2. The number of rotatable bonds is 2. The largest absolute Gasteiger partial charge is 0.431 e. The molecule has 3 rings (SSSR count). The van der Waals surface area contributed by atoms with E-state index in [0.717, 1.165) is 0 Å². The Morgan fingerprint density at radius 3 is 2.95 bits per heavy atom. The summed E-state index contributed by atoms with van der Waals surface area (Å²) in [5.74, 6) is 0. The molecule has 2 N–H and O–H groups in total. The Kier molecular flexibility index (Phi) is 3.26. The maximum Gasteiger partial charge on any atom is 0.261 e. The molecule has 6 heteroatoms. The van der Waals surface area contributed by atoms with Crippen molar-refractivity contribution in [3.05, 3.63) is 47.0 Å². The van der Waals surface area contributed by atoms with E-state index in [1.54, 1.807) is 36.4 Å². The van der Waals surface area contributed by atoms with Gasteiger partial charge in [0.25, 0.3) is 5.22 Å². The zero-order valence-corrected chi connectivity index (χ0v) is 11.7. The van der Waals surface area contributed by atoms with E-state index in [2.05, 4.69) is 11.1 Å². The number of nitrogens with zero attached hydrogens (tertiary/aromatic N) is 2. The van der Waals surface area contributed by atoms with Crippen LogP contribution < -0.4 is 5.73 Å². The van der Waals surface area contributed by atoms with Gasteiger partial charge in [0, 0.05) is 10.6 Å². The van der Waals surface area contributed by atoms with Gasteiger partial charge in [-0.05, 0) is 42.1 Å². The van der Waals surface area contributed by atoms with Gasteiger partial charge in [-0.25, -0.2) is 4.98 Å². The number of nitrogens with two attached hydrogens (primary N) is 1. The molecule has 0 saturated heterocycles. The molecule has 0 saturated carbocycles. The van der Waals surface area contributed by atoms with E-state index in [1.165, 1.54) is 11.8 Å². The van der Waals surface area contributed by atoms with E-state index in [1.807, 2.05) is 0 Å². The summed E-state index contributed by atoms with van der Waals surface area (Å²) in [5, 5.41) is 10.0. The topological polar surface area (TPSA) is 75.8 Å². The normalized spacial score (nSPS) is 10.6. The molecule has 1 heterocycles. The van der Waals surface area contributed by atoms with Crippen molar-refractivity contribution < 1.29 is 4.42 Å². The van der Waals surface area contributed by atoms with Gasteiger partial charge in [-0.15, -0.1) is 0 Å². The molecule has 20 heavy (non-hydrogen) atoms. The highest BCUT2D eigenvalue weighted by Crippen LogP contribution is 2.34. The van der Waals surface area contributed by atoms with Gasteiger partial charge >= 0.3 is 0 Å². The molecule has 0 aliphatic heterocycles. The van der Waals surface area contributed by atoms with Crippen molar-refractivity contribution in [1.29, 1.82) is 5.26 Å². The predicted molar refractivity (Wildman–Crippen MR) is 78.7 cm³/mol. The Balaban J connectivity index is 2.02. The molecule has 2 aromatic carbocycles. The van der Waals surface area contributed by atoms with Crippen LogP contribution in [0.3, 0.4) is 0 Å². The molecule has 3 aromatic rings. The molecule has 98 valence electrons. The van der Waals surface area contributed by atoms with Crippen LogP contribution in [0.1, 0.15) is 5.56 Å². The third kappa shape index (κ3) is 2.31. The zero-order chi connectivity index (χ0) is 14.1. The number of benzene rings is 2. The molecular formula is C14H8ClN3OS. The molecule has 0 bridgehead atoms. The van der Waals surface area contributed by atoms with Crippen LogP contribution in [0.2, 0.25) is 5.02 Å². The average molecular weight is 302 g/mol. The molecule has 0 unspecified atom stereocenters. The van der Waals surface area contributed by atoms with Crippen molar-refractivity contribution in [2.24, 2.45) is 0 Å². The van der Waals surface area contributed by atoms with Gasteiger partial charge in [0.2, 0.25) is 0 Å². The third-order valence-electron chi connectivity index (χ3n) is 2.68. The molecule has 1 aromatic heterocycles. The Labute approximate surface area is 124 Å². The van der Waals surface area contributed by atoms with Gasteiger partial charge in [-0.2, -0.15) is 5.26 Å². The number of nitriles is 1. The second kappa shape index (κ2) is 5.08. The number of anilines is 1. The molecule has 4 nitrogen and oxygen atoms in total. The summed E-state index contributed by atoms with van der Waals surface area (Å²) in [5.41, 5.74) is 8.09. The fourth-order valence-electron chi connectivity index (χ4n) is 1.76. The van der Waals surface area contributed by atoms with E-state index >= 15 is 0 Å². The summed E-state index contributed by atoms with van der Waals surface area (Å²) in [6.45, 7) is 0. The minimum absolute atomic E-state index is 0.415. The molecule has 0 fully saturated rings. The lowest BCUT2D eigenvalue weighted by Gasteiger charge is -2.01. The minimum Gasteiger partial charge on any atom is -0.431 e. The predicted octanol–water partition coefficient (Wildman–Crippen LogP) is 4.09. The molecule has 0 radical (unpaired) electrons. The van der Waals surface area contributed by atoms with Crippen LogP contribution in [0.5, 0.6) is 0 Å². The van der Waals surface area contributed by atoms with Crippen LogP contribution in [0, 0.1) is 11.3 Å². The van der Waals surface area contributed by atoms with Gasteiger partial charge < -0.3 is 10.2 Å². The summed E-state index contributed by atoms with van der Waals surface area (Å²) in [6, 6.07) is 12.6. The van der Waals surface area contributed by atoms with Crippen molar-refractivity contribution in [3.8, 4) is 6.07 Å². The summed E-state index contributed by atoms with van der Waals surface area (Å²) in [4.78, 5) is 5.05. The molecule has 0 aliphatic rings. The Morgan fingerprint density at radius 1 is 1.30 bits per heavy atom. The fourth-order valence-corrected chi connectivity index (χ4v) is 2.90. The standard InChI is InChI=1S/C14H8ClN3OS/c15-10-2-1-3-13(9(10)7-16)20-14-18-11-6-8(17)4-5-12(11)19-14/h1-6H,17H2. The summed E-state index contributed by atoms with van der Waals surface area (Å²) < 4.78 is 5.61. The zero-order valence-electron chi connectivity index (χ0n) is 10.1. The number of nitrogen functional groups attached to an aromatic ring is 1. The first-order chi connectivity index (χ1) is 9.67. The maximum absolute atomic E-state index is 9.14. The quantitative estimate of drug-likeness (QED) is 0.722. The summed E-state index contributed by atoms with van der Waals surface area (Å²) >= 11 is 7.25. The number of hydrogen-bond acceptors (Lipinski definition) is 5. The fraction of sp³-hybridized carbons (Fsp3) is 0. The van der Waals surface area contributed by atoms with Crippen LogP contribution in [0.15, 0.2) is 50.9 Å². The first-order valence-electron chi connectivity index (χ1n) is 5.70. The maximum atomic E-state index is 9.14. The monoisotopic (exact) mass is 301 g/mol. The number of fused-ring (bicyclic) bond motifs is 1.